The van der Waals surface area contributed by atoms with Crippen molar-refractivity contribution in [3.63, 3.8) is 0 Å². The van der Waals surface area contributed by atoms with Crippen molar-refractivity contribution < 1.29 is 0 Å². The van der Waals surface area contributed by atoms with E-state index in [9.17, 15) is 0 Å². The van der Waals surface area contributed by atoms with Gasteiger partial charge in [0, 0.05) is 16.4 Å². The minimum absolute atomic E-state index is 0.643. The van der Waals surface area contributed by atoms with Gasteiger partial charge >= 0.3 is 0 Å². The maximum atomic E-state index is 5.64. The molecule has 0 aliphatic rings. The number of alkyl halides is 1. The summed E-state index contributed by atoms with van der Waals surface area (Å²) in [7, 11) is 0. The highest BCUT2D eigenvalue weighted by molar-refractivity contribution is 9.09. The van der Waals surface area contributed by atoms with E-state index in [0.29, 0.717) is 4.47 Å². The van der Waals surface area contributed by atoms with Crippen LogP contribution in [-0.2, 0) is 6.42 Å². The summed E-state index contributed by atoms with van der Waals surface area (Å²) in [5.74, 6) is 0. The first-order chi connectivity index (χ1) is 4.83. The number of aromatic nitrogens is 1. The SMILES string of the molecule is Clc1ncc(CCCBr)s1. The predicted octanol–water partition coefficient (Wildman–Crippen LogP) is 3.12. The topological polar surface area (TPSA) is 12.9 Å². The molecule has 0 unspecified atom stereocenters. The van der Waals surface area contributed by atoms with Crippen LogP contribution in [0.1, 0.15) is 11.3 Å². The number of aryl methyl sites for hydroxylation is 1. The smallest absolute Gasteiger partial charge is 0.183 e. The maximum absolute atomic E-state index is 5.64. The van der Waals surface area contributed by atoms with Gasteiger partial charge in [-0.1, -0.05) is 27.5 Å². The third-order valence-electron chi connectivity index (χ3n) is 1.08. The van der Waals surface area contributed by atoms with E-state index >= 15 is 0 Å². The van der Waals surface area contributed by atoms with E-state index in [2.05, 4.69) is 20.9 Å². The van der Waals surface area contributed by atoms with E-state index in [1.165, 1.54) is 4.88 Å². The first-order valence-electron chi connectivity index (χ1n) is 2.99. The molecule has 1 aromatic rings. The largest absolute Gasteiger partial charge is 0.233 e. The zero-order valence-electron chi connectivity index (χ0n) is 5.31. The summed E-state index contributed by atoms with van der Waals surface area (Å²) in [4.78, 5) is 5.21. The first kappa shape index (κ1) is 8.50. The van der Waals surface area contributed by atoms with Gasteiger partial charge in [-0.15, -0.1) is 11.3 Å². The Balaban J connectivity index is 2.42. The Morgan fingerprint density at radius 2 is 2.50 bits per heavy atom. The van der Waals surface area contributed by atoms with Crippen LogP contribution in [0.15, 0.2) is 6.20 Å². The quantitative estimate of drug-likeness (QED) is 0.740. The molecule has 0 aliphatic heterocycles. The van der Waals surface area contributed by atoms with Gasteiger partial charge in [-0.3, -0.25) is 0 Å². The van der Waals surface area contributed by atoms with Gasteiger partial charge in [0.2, 0.25) is 0 Å². The van der Waals surface area contributed by atoms with Crippen molar-refractivity contribution >= 4 is 38.9 Å². The second-order valence-electron chi connectivity index (χ2n) is 1.87. The molecule has 1 aromatic heterocycles. The lowest BCUT2D eigenvalue weighted by Crippen LogP contribution is -1.79. The predicted molar refractivity (Wildman–Crippen MR) is 49.2 cm³/mol. The van der Waals surface area contributed by atoms with Crippen molar-refractivity contribution in [2.75, 3.05) is 5.33 Å². The molecule has 0 atom stereocenters. The highest BCUT2D eigenvalue weighted by atomic mass is 79.9. The zero-order valence-corrected chi connectivity index (χ0v) is 8.47. The van der Waals surface area contributed by atoms with E-state index in [-0.39, 0.29) is 0 Å². The van der Waals surface area contributed by atoms with Crippen LogP contribution >= 0.6 is 38.9 Å². The van der Waals surface area contributed by atoms with Crippen molar-refractivity contribution in [2.24, 2.45) is 0 Å². The van der Waals surface area contributed by atoms with Crippen LogP contribution in [0.2, 0.25) is 4.47 Å². The average molecular weight is 241 g/mol. The molecule has 4 heteroatoms. The summed E-state index contributed by atoms with van der Waals surface area (Å²) in [6, 6.07) is 0. The van der Waals surface area contributed by atoms with Crippen molar-refractivity contribution in [2.45, 2.75) is 12.8 Å². The average Bonchev–Trinajstić information content (AvgIpc) is 2.31. The van der Waals surface area contributed by atoms with Crippen molar-refractivity contribution in [3.8, 4) is 0 Å². The molecule has 0 bridgehead atoms. The van der Waals surface area contributed by atoms with E-state index in [0.717, 1.165) is 18.2 Å². The van der Waals surface area contributed by atoms with Gasteiger partial charge < -0.3 is 0 Å². The number of nitrogens with zero attached hydrogens (tertiary/aromatic N) is 1. The Labute approximate surface area is 77.6 Å². The number of rotatable bonds is 3. The van der Waals surface area contributed by atoms with Gasteiger partial charge in [0.1, 0.15) is 0 Å². The Hall–Kier alpha value is 0.400. The fourth-order valence-corrected chi connectivity index (χ4v) is 1.94. The monoisotopic (exact) mass is 239 g/mol. The van der Waals surface area contributed by atoms with Crippen LogP contribution < -0.4 is 0 Å². The van der Waals surface area contributed by atoms with E-state index in [1.54, 1.807) is 11.3 Å². The summed E-state index contributed by atoms with van der Waals surface area (Å²) >= 11 is 10.6. The van der Waals surface area contributed by atoms with Crippen LogP contribution in [0, 0.1) is 0 Å². The molecule has 1 heterocycles. The van der Waals surface area contributed by atoms with Gasteiger partial charge in [-0.2, -0.15) is 0 Å². The van der Waals surface area contributed by atoms with Crippen molar-refractivity contribution in [1.82, 2.24) is 4.98 Å². The molecule has 0 amide bonds. The first-order valence-corrected chi connectivity index (χ1v) is 5.30. The molecule has 56 valence electrons. The molecule has 0 spiro atoms. The van der Waals surface area contributed by atoms with Crippen LogP contribution in [-0.4, -0.2) is 10.3 Å². The molecule has 1 nitrogen and oxygen atoms in total. The van der Waals surface area contributed by atoms with Gasteiger partial charge in [-0.25, -0.2) is 4.98 Å². The lowest BCUT2D eigenvalue weighted by molar-refractivity contribution is 0.955. The van der Waals surface area contributed by atoms with Crippen LogP contribution in [0.4, 0.5) is 0 Å². The highest BCUT2D eigenvalue weighted by Gasteiger charge is 1.97. The molecule has 0 fully saturated rings. The maximum Gasteiger partial charge on any atom is 0.183 e. The van der Waals surface area contributed by atoms with E-state index < -0.39 is 0 Å². The normalized spacial score (nSPS) is 10.2. The molecular formula is C6H7BrClNS. The lowest BCUT2D eigenvalue weighted by atomic mass is 10.3. The number of halogens is 2. The van der Waals surface area contributed by atoms with E-state index in [4.69, 9.17) is 11.6 Å². The van der Waals surface area contributed by atoms with Gasteiger partial charge in [0.25, 0.3) is 0 Å². The fraction of sp³-hybridized carbons (Fsp3) is 0.500. The van der Waals surface area contributed by atoms with Gasteiger partial charge in [-0.05, 0) is 12.8 Å². The van der Waals surface area contributed by atoms with Gasteiger partial charge in [0.05, 0.1) is 0 Å². The second-order valence-corrected chi connectivity index (χ2v) is 4.36. The summed E-state index contributed by atoms with van der Waals surface area (Å²) in [5, 5.41) is 1.04. The van der Waals surface area contributed by atoms with Gasteiger partial charge in [0.15, 0.2) is 4.47 Å². The van der Waals surface area contributed by atoms with Crippen LogP contribution in [0.5, 0.6) is 0 Å². The molecule has 0 radical (unpaired) electrons. The zero-order chi connectivity index (χ0) is 7.40. The third-order valence-corrected chi connectivity index (χ3v) is 2.82. The Kier molecular flexibility index (Phi) is 3.66. The van der Waals surface area contributed by atoms with Crippen molar-refractivity contribution in [1.29, 1.82) is 0 Å². The minimum Gasteiger partial charge on any atom is -0.233 e. The number of hydrogen-bond donors (Lipinski definition) is 0. The molecule has 10 heavy (non-hydrogen) atoms. The Morgan fingerprint density at radius 1 is 1.70 bits per heavy atom. The van der Waals surface area contributed by atoms with Crippen LogP contribution in [0.25, 0.3) is 0 Å². The third kappa shape index (κ3) is 2.56. The number of thiazole rings is 1. The summed E-state index contributed by atoms with van der Waals surface area (Å²) < 4.78 is 0.643. The molecule has 0 saturated carbocycles. The Morgan fingerprint density at radius 3 is 3.00 bits per heavy atom. The standard InChI is InChI=1S/C6H7BrClNS/c7-3-1-2-5-4-9-6(8)10-5/h4H,1-3H2. The second kappa shape index (κ2) is 4.31. The molecule has 0 saturated heterocycles. The lowest BCUT2D eigenvalue weighted by Gasteiger charge is -1.88. The van der Waals surface area contributed by atoms with Crippen LogP contribution in [0.3, 0.4) is 0 Å². The fourth-order valence-electron chi connectivity index (χ4n) is 0.640. The summed E-state index contributed by atoms with van der Waals surface area (Å²) in [6.07, 6.45) is 4.07. The molecule has 0 N–H and O–H groups in total. The number of hydrogen-bond acceptors (Lipinski definition) is 2. The Bertz CT molecular complexity index is 201. The van der Waals surface area contributed by atoms with Crippen molar-refractivity contribution in [3.05, 3.63) is 15.5 Å². The summed E-state index contributed by atoms with van der Waals surface area (Å²) in [6.45, 7) is 0. The summed E-state index contributed by atoms with van der Waals surface area (Å²) in [5.41, 5.74) is 0. The molecule has 0 aliphatic carbocycles. The molecule has 0 aromatic carbocycles. The highest BCUT2D eigenvalue weighted by Crippen LogP contribution is 2.18. The van der Waals surface area contributed by atoms with E-state index in [1.807, 2.05) is 6.20 Å². The molecular weight excluding hydrogens is 233 g/mol. The molecule has 1 rings (SSSR count). The minimum atomic E-state index is 0.643.